The number of benzene rings is 2. The van der Waals surface area contributed by atoms with Crippen LogP contribution in [0.25, 0.3) is 0 Å². The van der Waals surface area contributed by atoms with Crippen molar-refractivity contribution in [1.29, 1.82) is 0 Å². The van der Waals surface area contributed by atoms with Crippen molar-refractivity contribution >= 4 is 23.9 Å². The molecule has 1 amide bonds. The molecule has 0 unspecified atom stereocenters. The number of nitrogens with zero attached hydrogens (tertiary/aromatic N) is 1. The normalized spacial score (nSPS) is 10.7. The Bertz CT molecular complexity index is 675. The Morgan fingerprint density at radius 1 is 1.30 bits per heavy atom. The Morgan fingerprint density at radius 2 is 2.09 bits per heavy atom. The number of amides is 1. The molecule has 23 heavy (non-hydrogen) atoms. The molecule has 6 heteroatoms. The maximum Gasteiger partial charge on any atom is 0.250 e. The summed E-state index contributed by atoms with van der Waals surface area (Å²) >= 11 is 1.53. The molecule has 0 fully saturated rings. The van der Waals surface area contributed by atoms with Crippen LogP contribution in [0.4, 0.5) is 0 Å². The third-order valence-corrected chi connectivity index (χ3v) is 3.96. The second-order valence-electron chi connectivity index (χ2n) is 4.70. The zero-order valence-electron chi connectivity index (χ0n) is 12.7. The smallest absolute Gasteiger partial charge is 0.250 e. The molecule has 120 valence electrons. The molecule has 2 N–H and O–H groups in total. The largest absolute Gasteiger partial charge is 0.504 e. The average Bonchev–Trinajstić information content (AvgIpc) is 2.57. The zero-order valence-corrected chi connectivity index (χ0v) is 13.5. The van der Waals surface area contributed by atoms with Gasteiger partial charge >= 0.3 is 0 Å². The van der Waals surface area contributed by atoms with E-state index in [2.05, 4.69) is 10.5 Å². The van der Waals surface area contributed by atoms with Crippen molar-refractivity contribution < 1.29 is 14.6 Å². The first-order chi connectivity index (χ1) is 11.2. The highest BCUT2D eigenvalue weighted by Gasteiger charge is 2.02. The van der Waals surface area contributed by atoms with Crippen molar-refractivity contribution in [2.24, 2.45) is 5.10 Å². The Kier molecular flexibility index (Phi) is 6.50. The SMILES string of the molecule is COc1cc(/C=N/NC(=O)CSCc2ccccc2)ccc1O. The molecule has 0 aliphatic rings. The summed E-state index contributed by atoms with van der Waals surface area (Å²) in [7, 11) is 1.47. The van der Waals surface area contributed by atoms with Gasteiger partial charge in [-0.3, -0.25) is 4.79 Å². The number of thioether (sulfide) groups is 1. The second kappa shape index (κ2) is 8.85. The summed E-state index contributed by atoms with van der Waals surface area (Å²) in [5, 5.41) is 13.4. The third-order valence-electron chi connectivity index (χ3n) is 2.95. The molecule has 2 aromatic carbocycles. The monoisotopic (exact) mass is 330 g/mol. The van der Waals surface area contributed by atoms with Gasteiger partial charge in [0, 0.05) is 5.75 Å². The highest BCUT2D eigenvalue weighted by atomic mass is 32.2. The molecule has 0 aliphatic carbocycles. The minimum atomic E-state index is -0.159. The van der Waals surface area contributed by atoms with Gasteiger partial charge in [-0.2, -0.15) is 5.10 Å². The summed E-state index contributed by atoms with van der Waals surface area (Å²) in [6.07, 6.45) is 1.50. The number of aromatic hydroxyl groups is 1. The highest BCUT2D eigenvalue weighted by Crippen LogP contribution is 2.25. The van der Waals surface area contributed by atoms with Crippen molar-refractivity contribution in [3.8, 4) is 11.5 Å². The number of methoxy groups -OCH3 is 1. The Morgan fingerprint density at radius 3 is 2.83 bits per heavy atom. The molecular weight excluding hydrogens is 312 g/mol. The van der Waals surface area contributed by atoms with E-state index < -0.39 is 0 Å². The van der Waals surface area contributed by atoms with E-state index in [4.69, 9.17) is 4.74 Å². The fourth-order valence-corrected chi connectivity index (χ4v) is 2.60. The lowest BCUT2D eigenvalue weighted by Gasteiger charge is -2.03. The zero-order chi connectivity index (χ0) is 16.5. The van der Waals surface area contributed by atoms with Crippen LogP contribution in [0, 0.1) is 0 Å². The molecule has 0 bridgehead atoms. The molecule has 0 heterocycles. The molecule has 2 aromatic rings. The van der Waals surface area contributed by atoms with Gasteiger partial charge in [0.25, 0.3) is 0 Å². The fourth-order valence-electron chi connectivity index (χ4n) is 1.82. The molecule has 0 aromatic heterocycles. The van der Waals surface area contributed by atoms with Crippen LogP contribution in [-0.2, 0) is 10.5 Å². The van der Waals surface area contributed by atoms with E-state index in [1.165, 1.54) is 36.7 Å². The standard InChI is InChI=1S/C17H18N2O3S/c1-22-16-9-14(7-8-15(16)20)10-18-19-17(21)12-23-11-13-5-3-2-4-6-13/h2-10,20H,11-12H2,1H3,(H,19,21)/b18-10+. The fraction of sp³-hybridized carbons (Fsp3) is 0.176. The molecule has 0 saturated carbocycles. The molecule has 0 saturated heterocycles. The number of carbonyl (C=O) groups excluding carboxylic acids is 1. The van der Waals surface area contributed by atoms with Gasteiger partial charge < -0.3 is 9.84 Å². The quantitative estimate of drug-likeness (QED) is 0.605. The van der Waals surface area contributed by atoms with Crippen LogP contribution in [0.3, 0.4) is 0 Å². The van der Waals surface area contributed by atoms with Gasteiger partial charge in [-0.1, -0.05) is 30.3 Å². The first-order valence-electron chi connectivity index (χ1n) is 6.99. The molecular formula is C17H18N2O3S. The molecule has 0 spiro atoms. The minimum absolute atomic E-state index is 0.0611. The number of ether oxygens (including phenoxy) is 1. The predicted octanol–water partition coefficient (Wildman–Crippen LogP) is 2.78. The van der Waals surface area contributed by atoms with E-state index in [1.807, 2.05) is 30.3 Å². The number of hydrogen-bond acceptors (Lipinski definition) is 5. The van der Waals surface area contributed by atoms with Crippen LogP contribution in [0.1, 0.15) is 11.1 Å². The van der Waals surface area contributed by atoms with Gasteiger partial charge in [0.2, 0.25) is 5.91 Å². The number of hydrazone groups is 1. The summed E-state index contributed by atoms with van der Waals surface area (Å²) in [4.78, 5) is 11.7. The van der Waals surface area contributed by atoms with Gasteiger partial charge in [0.15, 0.2) is 11.5 Å². The molecule has 2 rings (SSSR count). The molecule has 0 atom stereocenters. The Hall–Kier alpha value is -2.47. The maximum absolute atomic E-state index is 11.7. The van der Waals surface area contributed by atoms with E-state index in [9.17, 15) is 9.90 Å². The lowest BCUT2D eigenvalue weighted by atomic mass is 10.2. The van der Waals surface area contributed by atoms with Gasteiger partial charge in [0.1, 0.15) is 0 Å². The van der Waals surface area contributed by atoms with Crippen LogP contribution in [0.2, 0.25) is 0 Å². The van der Waals surface area contributed by atoms with Crippen LogP contribution >= 0.6 is 11.8 Å². The van der Waals surface area contributed by atoms with Gasteiger partial charge in [-0.15, -0.1) is 11.8 Å². The van der Waals surface area contributed by atoms with Crippen molar-refractivity contribution in [3.63, 3.8) is 0 Å². The van der Waals surface area contributed by atoms with Crippen molar-refractivity contribution in [2.75, 3.05) is 12.9 Å². The number of carbonyl (C=O) groups is 1. The first-order valence-corrected chi connectivity index (χ1v) is 8.15. The van der Waals surface area contributed by atoms with Gasteiger partial charge in [-0.25, -0.2) is 5.43 Å². The van der Waals surface area contributed by atoms with Crippen LogP contribution < -0.4 is 10.2 Å². The second-order valence-corrected chi connectivity index (χ2v) is 5.69. The summed E-state index contributed by atoms with van der Waals surface area (Å²) in [5.74, 6) is 1.38. The van der Waals surface area contributed by atoms with Gasteiger partial charge in [0.05, 0.1) is 19.1 Å². The molecule has 0 aliphatic heterocycles. The summed E-state index contributed by atoms with van der Waals surface area (Å²) in [6, 6.07) is 14.8. The lowest BCUT2D eigenvalue weighted by molar-refractivity contribution is -0.118. The Labute approximate surface area is 139 Å². The topological polar surface area (TPSA) is 70.9 Å². The van der Waals surface area contributed by atoms with E-state index in [0.29, 0.717) is 11.5 Å². The predicted molar refractivity (Wildman–Crippen MR) is 93.0 cm³/mol. The summed E-state index contributed by atoms with van der Waals surface area (Å²) in [5.41, 5.74) is 4.38. The van der Waals surface area contributed by atoms with E-state index in [1.54, 1.807) is 12.1 Å². The number of nitrogens with one attached hydrogen (secondary N) is 1. The van der Waals surface area contributed by atoms with Crippen molar-refractivity contribution in [3.05, 3.63) is 59.7 Å². The number of hydrogen-bond donors (Lipinski definition) is 2. The highest BCUT2D eigenvalue weighted by molar-refractivity contribution is 7.99. The van der Waals surface area contributed by atoms with Crippen molar-refractivity contribution in [2.45, 2.75) is 5.75 Å². The lowest BCUT2D eigenvalue weighted by Crippen LogP contribution is -2.19. The first kappa shape index (κ1) is 16.9. The molecule has 0 radical (unpaired) electrons. The number of rotatable bonds is 7. The summed E-state index contributed by atoms with van der Waals surface area (Å²) in [6.45, 7) is 0. The maximum atomic E-state index is 11.7. The number of phenolic OH excluding ortho intramolecular Hbond substituents is 1. The van der Waals surface area contributed by atoms with Crippen LogP contribution in [-0.4, -0.2) is 30.1 Å². The van der Waals surface area contributed by atoms with E-state index in [0.717, 1.165) is 11.3 Å². The Balaban J connectivity index is 1.75. The average molecular weight is 330 g/mol. The van der Waals surface area contributed by atoms with Crippen LogP contribution in [0.15, 0.2) is 53.6 Å². The summed E-state index contributed by atoms with van der Waals surface area (Å²) < 4.78 is 5.01. The van der Waals surface area contributed by atoms with Gasteiger partial charge in [-0.05, 0) is 29.3 Å². The van der Waals surface area contributed by atoms with Crippen molar-refractivity contribution in [1.82, 2.24) is 5.43 Å². The van der Waals surface area contributed by atoms with E-state index >= 15 is 0 Å². The minimum Gasteiger partial charge on any atom is -0.504 e. The number of phenols is 1. The molecule has 5 nitrogen and oxygen atoms in total. The van der Waals surface area contributed by atoms with E-state index in [-0.39, 0.29) is 11.7 Å². The third kappa shape index (κ3) is 5.67. The van der Waals surface area contributed by atoms with Crippen LogP contribution in [0.5, 0.6) is 11.5 Å².